The van der Waals surface area contributed by atoms with Crippen molar-refractivity contribution in [2.45, 2.75) is 13.8 Å². The van der Waals surface area contributed by atoms with Gasteiger partial charge in [0, 0.05) is 0 Å². The van der Waals surface area contributed by atoms with Gasteiger partial charge in [-0.1, -0.05) is 0 Å². The molecule has 3 aromatic rings. The summed E-state index contributed by atoms with van der Waals surface area (Å²) >= 11 is 0.0902. The second kappa shape index (κ2) is 5.12. The first-order valence-electron chi connectivity index (χ1n) is 6.20. The minimum atomic E-state index is 0.0902. The van der Waals surface area contributed by atoms with Crippen molar-refractivity contribution in [2.24, 2.45) is 0 Å². The number of hydrogen-bond acceptors (Lipinski definition) is 2. The van der Waals surface area contributed by atoms with Gasteiger partial charge in [-0.05, 0) is 0 Å². The summed E-state index contributed by atoms with van der Waals surface area (Å²) in [4.78, 5) is 4.71. The summed E-state index contributed by atoms with van der Waals surface area (Å²) in [5, 5.41) is 0. The SMILES string of the molecule is Cc1cccc(-c2n[se]c(-c3cccc(C)c3)n2)c1. The summed E-state index contributed by atoms with van der Waals surface area (Å²) in [6, 6.07) is 16.8. The van der Waals surface area contributed by atoms with Crippen LogP contribution in [-0.4, -0.2) is 23.7 Å². The Balaban J connectivity index is 2.00. The standard InChI is InChI=1S/C16H14N2Se/c1-11-5-3-7-13(9-11)15-17-16(19-18-15)14-8-4-6-12(2)10-14/h3-10H,1-2H3. The second-order valence-corrected chi connectivity index (χ2v) is 6.24. The van der Waals surface area contributed by atoms with Crippen molar-refractivity contribution in [3.05, 3.63) is 59.7 Å². The van der Waals surface area contributed by atoms with Gasteiger partial charge >= 0.3 is 119 Å². The van der Waals surface area contributed by atoms with Gasteiger partial charge in [0.15, 0.2) is 0 Å². The molecule has 0 unspecified atom stereocenters. The van der Waals surface area contributed by atoms with Crippen LogP contribution in [0.15, 0.2) is 48.5 Å². The van der Waals surface area contributed by atoms with E-state index in [0.29, 0.717) is 0 Å². The zero-order chi connectivity index (χ0) is 13.2. The zero-order valence-electron chi connectivity index (χ0n) is 10.9. The van der Waals surface area contributed by atoms with Crippen LogP contribution >= 0.6 is 0 Å². The van der Waals surface area contributed by atoms with Crippen LogP contribution in [0.5, 0.6) is 0 Å². The third-order valence-corrected chi connectivity index (χ3v) is 4.57. The maximum absolute atomic E-state index is 4.71. The molecule has 2 nitrogen and oxygen atoms in total. The number of aryl methyl sites for hydroxylation is 2. The van der Waals surface area contributed by atoms with E-state index in [-0.39, 0.29) is 14.7 Å². The van der Waals surface area contributed by atoms with Crippen LogP contribution in [0.3, 0.4) is 0 Å². The van der Waals surface area contributed by atoms with Gasteiger partial charge < -0.3 is 0 Å². The molecule has 0 aliphatic rings. The van der Waals surface area contributed by atoms with Crippen LogP contribution in [0.2, 0.25) is 0 Å². The summed E-state index contributed by atoms with van der Waals surface area (Å²) in [5.41, 5.74) is 4.82. The Morgan fingerprint density at radius 1 is 0.842 bits per heavy atom. The Hall–Kier alpha value is -1.70. The van der Waals surface area contributed by atoms with E-state index < -0.39 is 0 Å². The van der Waals surface area contributed by atoms with E-state index in [0.717, 1.165) is 16.0 Å². The van der Waals surface area contributed by atoms with Gasteiger partial charge in [0.25, 0.3) is 0 Å². The molecule has 0 fully saturated rings. The van der Waals surface area contributed by atoms with Crippen LogP contribution in [0, 0.1) is 13.8 Å². The molecule has 0 amide bonds. The average Bonchev–Trinajstić information content (AvgIpc) is 2.88. The molecule has 3 heteroatoms. The summed E-state index contributed by atoms with van der Waals surface area (Å²) in [6.45, 7) is 4.20. The van der Waals surface area contributed by atoms with E-state index in [1.165, 1.54) is 16.7 Å². The summed E-state index contributed by atoms with van der Waals surface area (Å²) in [6.07, 6.45) is 0. The van der Waals surface area contributed by atoms with E-state index in [4.69, 9.17) is 4.98 Å². The molecule has 0 saturated carbocycles. The van der Waals surface area contributed by atoms with Crippen LogP contribution in [0.25, 0.3) is 21.5 Å². The van der Waals surface area contributed by atoms with Crippen molar-refractivity contribution in [3.8, 4) is 21.5 Å². The Kier molecular flexibility index (Phi) is 3.32. The van der Waals surface area contributed by atoms with Gasteiger partial charge in [0.2, 0.25) is 0 Å². The van der Waals surface area contributed by atoms with Gasteiger partial charge in [-0.15, -0.1) is 0 Å². The molecule has 2 aromatic carbocycles. The van der Waals surface area contributed by atoms with Crippen molar-refractivity contribution in [1.29, 1.82) is 0 Å². The topological polar surface area (TPSA) is 25.8 Å². The third-order valence-electron chi connectivity index (χ3n) is 2.97. The van der Waals surface area contributed by atoms with Crippen molar-refractivity contribution in [3.63, 3.8) is 0 Å². The fourth-order valence-electron chi connectivity index (χ4n) is 2.02. The van der Waals surface area contributed by atoms with E-state index in [1.54, 1.807) is 0 Å². The Bertz CT molecular complexity index is 656. The molecule has 3 rings (SSSR count). The van der Waals surface area contributed by atoms with Crippen molar-refractivity contribution in [1.82, 2.24) is 8.96 Å². The molecular formula is C16H14N2Se. The van der Waals surface area contributed by atoms with Crippen LogP contribution < -0.4 is 0 Å². The van der Waals surface area contributed by atoms with Crippen LogP contribution in [0.1, 0.15) is 11.1 Å². The summed E-state index contributed by atoms with van der Waals surface area (Å²) < 4.78 is 5.73. The zero-order valence-corrected chi connectivity index (χ0v) is 12.6. The maximum atomic E-state index is 4.71. The molecule has 0 saturated heterocycles. The number of benzene rings is 2. The Morgan fingerprint density at radius 2 is 1.47 bits per heavy atom. The molecule has 1 aromatic heterocycles. The fourth-order valence-corrected chi connectivity index (χ4v) is 3.44. The first-order valence-corrected chi connectivity index (χ1v) is 7.82. The van der Waals surface area contributed by atoms with E-state index in [2.05, 4.69) is 66.4 Å². The normalized spacial score (nSPS) is 10.6. The molecule has 0 radical (unpaired) electrons. The van der Waals surface area contributed by atoms with Crippen LogP contribution in [-0.2, 0) is 0 Å². The van der Waals surface area contributed by atoms with E-state index in [1.807, 2.05) is 0 Å². The molecule has 94 valence electrons. The van der Waals surface area contributed by atoms with Gasteiger partial charge in [-0.25, -0.2) is 0 Å². The predicted molar refractivity (Wildman–Crippen MR) is 79.3 cm³/mol. The number of rotatable bonds is 2. The first kappa shape index (κ1) is 12.3. The second-order valence-electron chi connectivity index (χ2n) is 4.66. The van der Waals surface area contributed by atoms with Crippen molar-refractivity contribution in [2.75, 3.05) is 0 Å². The van der Waals surface area contributed by atoms with Crippen LogP contribution in [0.4, 0.5) is 0 Å². The Labute approximate surface area is 119 Å². The Morgan fingerprint density at radius 3 is 2.16 bits per heavy atom. The molecule has 0 aliphatic heterocycles. The number of hydrogen-bond donors (Lipinski definition) is 0. The summed E-state index contributed by atoms with van der Waals surface area (Å²) in [7, 11) is 0. The fraction of sp³-hybridized carbons (Fsp3) is 0.125. The quantitative estimate of drug-likeness (QED) is 0.677. The summed E-state index contributed by atoms with van der Waals surface area (Å²) in [5.74, 6) is 0.875. The predicted octanol–water partition coefficient (Wildman–Crippen LogP) is 3.48. The molecule has 19 heavy (non-hydrogen) atoms. The van der Waals surface area contributed by atoms with Gasteiger partial charge in [-0.3, -0.25) is 0 Å². The molecule has 1 heterocycles. The first-order chi connectivity index (χ1) is 9.22. The van der Waals surface area contributed by atoms with Crippen molar-refractivity contribution < 1.29 is 0 Å². The van der Waals surface area contributed by atoms with Crippen molar-refractivity contribution >= 4 is 14.7 Å². The molecular weight excluding hydrogens is 299 g/mol. The molecule has 0 bridgehead atoms. The van der Waals surface area contributed by atoms with E-state index in [9.17, 15) is 0 Å². The van der Waals surface area contributed by atoms with Gasteiger partial charge in [0.05, 0.1) is 0 Å². The minimum absolute atomic E-state index is 0.0902. The number of nitrogens with zero attached hydrogens (tertiary/aromatic N) is 2. The molecule has 0 N–H and O–H groups in total. The number of aromatic nitrogens is 2. The van der Waals surface area contributed by atoms with Gasteiger partial charge in [-0.2, -0.15) is 0 Å². The molecule has 0 aliphatic carbocycles. The molecule has 0 atom stereocenters. The third kappa shape index (κ3) is 2.67. The van der Waals surface area contributed by atoms with Gasteiger partial charge in [0.1, 0.15) is 0 Å². The molecule has 0 spiro atoms. The average molecular weight is 313 g/mol. The monoisotopic (exact) mass is 314 g/mol. The van der Waals surface area contributed by atoms with E-state index >= 15 is 0 Å².